The summed E-state index contributed by atoms with van der Waals surface area (Å²) >= 11 is 0. The summed E-state index contributed by atoms with van der Waals surface area (Å²) in [6.07, 6.45) is 11.5. The second-order valence-corrected chi connectivity index (χ2v) is 7.02. The first-order valence-electron chi connectivity index (χ1n) is 7.30. The highest BCUT2D eigenvalue weighted by atomic mass is 16.6. The summed E-state index contributed by atoms with van der Waals surface area (Å²) in [6, 6.07) is 0. The van der Waals surface area contributed by atoms with Gasteiger partial charge in [-0.05, 0) is 53.0 Å². The van der Waals surface area contributed by atoms with Gasteiger partial charge in [-0.2, -0.15) is 0 Å². The average Bonchev–Trinajstić information content (AvgIpc) is 2.36. The number of allylic oxidation sites excluding steroid dienone is 4. The van der Waals surface area contributed by atoms with E-state index in [0.29, 0.717) is 13.0 Å². The summed E-state index contributed by atoms with van der Waals surface area (Å²) in [5, 5.41) is 10.0. The minimum Gasteiger partial charge on any atom is -0.443 e. The Bertz CT molecular complexity index is 436. The lowest BCUT2D eigenvalue weighted by Gasteiger charge is -2.29. The lowest BCUT2D eigenvalue weighted by atomic mass is 9.93. The van der Waals surface area contributed by atoms with E-state index >= 15 is 0 Å². The van der Waals surface area contributed by atoms with Crippen LogP contribution in [0.25, 0.3) is 0 Å². The van der Waals surface area contributed by atoms with Crippen molar-refractivity contribution in [2.75, 3.05) is 6.54 Å². The van der Waals surface area contributed by atoms with E-state index in [4.69, 9.17) is 4.74 Å². The molecule has 0 radical (unpaired) electrons. The van der Waals surface area contributed by atoms with Gasteiger partial charge in [0, 0.05) is 12.7 Å². The second kappa shape index (κ2) is 6.94. The van der Waals surface area contributed by atoms with Gasteiger partial charge in [-0.1, -0.05) is 24.3 Å². The normalized spacial score (nSPS) is 24.5. The molecule has 0 aliphatic carbocycles. The van der Waals surface area contributed by atoms with E-state index in [2.05, 4.69) is 0 Å². The van der Waals surface area contributed by atoms with Gasteiger partial charge >= 0.3 is 6.09 Å². The van der Waals surface area contributed by atoms with Crippen LogP contribution >= 0.6 is 0 Å². The summed E-state index contributed by atoms with van der Waals surface area (Å²) in [6.45, 7) is 9.57. The molecule has 1 aliphatic heterocycles. The zero-order chi connectivity index (χ0) is 16.1. The largest absolute Gasteiger partial charge is 0.443 e. The fraction of sp³-hybridized carbons (Fsp3) is 0.588. The molecule has 1 heterocycles. The van der Waals surface area contributed by atoms with E-state index in [1.165, 1.54) is 0 Å². The van der Waals surface area contributed by atoms with Crippen LogP contribution < -0.4 is 0 Å². The third-order valence-electron chi connectivity index (χ3n) is 2.80. The molecular weight excluding hydrogens is 266 g/mol. The summed E-state index contributed by atoms with van der Waals surface area (Å²) in [5.74, 6) is 0.0601. The smallest absolute Gasteiger partial charge is 0.414 e. The Labute approximate surface area is 127 Å². The van der Waals surface area contributed by atoms with Crippen LogP contribution in [0.2, 0.25) is 0 Å². The van der Waals surface area contributed by atoms with E-state index in [1.807, 2.05) is 45.1 Å². The fourth-order valence-corrected chi connectivity index (χ4v) is 2.11. The summed E-state index contributed by atoms with van der Waals surface area (Å²) in [7, 11) is 0. The maximum Gasteiger partial charge on any atom is 0.414 e. The third kappa shape index (κ3) is 7.71. The molecule has 1 unspecified atom stereocenters. The number of hydrogen-bond donors (Lipinski definition) is 1. The van der Waals surface area contributed by atoms with Crippen molar-refractivity contribution in [3.8, 4) is 0 Å². The summed E-state index contributed by atoms with van der Waals surface area (Å²) < 4.78 is 5.42. The number of aliphatic hydroxyl groups is 1. The van der Waals surface area contributed by atoms with E-state index < -0.39 is 11.2 Å². The molecular formula is C17H27NO3. The second-order valence-electron chi connectivity index (χ2n) is 7.02. The molecule has 0 saturated carbocycles. The molecule has 1 aliphatic rings. The first-order chi connectivity index (χ1) is 9.57. The van der Waals surface area contributed by atoms with Crippen LogP contribution in [0.4, 0.5) is 4.79 Å². The first kappa shape index (κ1) is 17.5. The molecule has 1 amide bonds. The molecule has 0 aromatic heterocycles. The topological polar surface area (TPSA) is 49.8 Å². The van der Waals surface area contributed by atoms with Gasteiger partial charge in [-0.15, -0.1) is 0 Å². The number of rotatable bonds is 2. The Hall–Kier alpha value is -1.55. The van der Waals surface area contributed by atoms with E-state index in [-0.39, 0.29) is 12.0 Å². The molecule has 1 N–H and O–H groups in total. The number of ether oxygens (including phenoxy) is 1. The van der Waals surface area contributed by atoms with Crippen molar-refractivity contribution >= 4 is 6.09 Å². The zero-order valence-corrected chi connectivity index (χ0v) is 13.7. The van der Waals surface area contributed by atoms with Gasteiger partial charge in [0.1, 0.15) is 5.60 Å². The third-order valence-corrected chi connectivity index (χ3v) is 2.80. The standard InChI is InChI=1S/C17H27NO3/c1-16(2,3)21-15(19)18-11-9-7-6-8-10-14(13-18)12-17(4,5)20/h6-11,14,20H,12-13H2,1-5H3/b7-6-,10-8+,11-9+. The van der Waals surface area contributed by atoms with Crippen LogP contribution in [-0.2, 0) is 4.74 Å². The number of carbonyl (C=O) groups is 1. The van der Waals surface area contributed by atoms with Gasteiger partial charge in [0.05, 0.1) is 5.60 Å². The Morgan fingerprint density at radius 1 is 1.19 bits per heavy atom. The van der Waals surface area contributed by atoms with Gasteiger partial charge in [0.15, 0.2) is 0 Å². The highest BCUT2D eigenvalue weighted by Crippen LogP contribution is 2.21. The number of nitrogens with zero attached hydrogens (tertiary/aromatic N) is 1. The number of amides is 1. The van der Waals surface area contributed by atoms with Crippen molar-refractivity contribution in [1.82, 2.24) is 4.90 Å². The molecule has 0 aromatic carbocycles. The van der Waals surface area contributed by atoms with E-state index in [9.17, 15) is 9.90 Å². The van der Waals surface area contributed by atoms with Gasteiger partial charge in [0.2, 0.25) is 0 Å². The summed E-state index contributed by atoms with van der Waals surface area (Å²) in [4.78, 5) is 13.8. The van der Waals surface area contributed by atoms with Crippen LogP contribution in [-0.4, -0.2) is 33.8 Å². The number of carbonyl (C=O) groups excluding carboxylic acids is 1. The predicted octanol–water partition coefficient (Wildman–Crippen LogP) is 3.64. The molecule has 1 atom stereocenters. The van der Waals surface area contributed by atoms with Crippen LogP contribution in [0.3, 0.4) is 0 Å². The maximum atomic E-state index is 12.2. The van der Waals surface area contributed by atoms with Crippen LogP contribution in [0.5, 0.6) is 0 Å². The van der Waals surface area contributed by atoms with E-state index in [1.54, 1.807) is 31.0 Å². The summed E-state index contributed by atoms with van der Waals surface area (Å²) in [5.41, 5.74) is -1.31. The average molecular weight is 293 g/mol. The minimum atomic E-state index is -0.782. The fourth-order valence-electron chi connectivity index (χ4n) is 2.11. The Morgan fingerprint density at radius 3 is 2.38 bits per heavy atom. The predicted molar refractivity (Wildman–Crippen MR) is 84.8 cm³/mol. The van der Waals surface area contributed by atoms with E-state index in [0.717, 1.165) is 0 Å². The van der Waals surface area contributed by atoms with Crippen molar-refractivity contribution in [3.63, 3.8) is 0 Å². The molecule has 1 rings (SSSR count). The highest BCUT2D eigenvalue weighted by Gasteiger charge is 2.25. The van der Waals surface area contributed by atoms with Crippen molar-refractivity contribution in [2.24, 2.45) is 5.92 Å². The molecule has 0 saturated heterocycles. The van der Waals surface area contributed by atoms with Crippen molar-refractivity contribution in [2.45, 2.75) is 52.2 Å². The molecule has 0 bridgehead atoms. The number of hydrogen-bond acceptors (Lipinski definition) is 3. The molecule has 4 heteroatoms. The lowest BCUT2D eigenvalue weighted by Crippen LogP contribution is -2.37. The lowest BCUT2D eigenvalue weighted by molar-refractivity contribution is 0.0259. The van der Waals surface area contributed by atoms with Gasteiger partial charge < -0.3 is 9.84 Å². The van der Waals surface area contributed by atoms with Crippen molar-refractivity contribution in [3.05, 3.63) is 36.6 Å². The molecule has 4 nitrogen and oxygen atoms in total. The van der Waals surface area contributed by atoms with Crippen LogP contribution in [0, 0.1) is 5.92 Å². The quantitative estimate of drug-likeness (QED) is 0.845. The molecule has 0 spiro atoms. The van der Waals surface area contributed by atoms with Crippen molar-refractivity contribution < 1.29 is 14.6 Å². The Morgan fingerprint density at radius 2 is 1.81 bits per heavy atom. The zero-order valence-electron chi connectivity index (χ0n) is 13.7. The van der Waals surface area contributed by atoms with Crippen molar-refractivity contribution in [1.29, 1.82) is 0 Å². The monoisotopic (exact) mass is 293 g/mol. The van der Waals surface area contributed by atoms with Crippen LogP contribution in [0.15, 0.2) is 36.6 Å². The molecule has 118 valence electrons. The first-order valence-corrected chi connectivity index (χ1v) is 7.30. The maximum absolute atomic E-state index is 12.2. The molecule has 0 aromatic rings. The highest BCUT2D eigenvalue weighted by molar-refractivity contribution is 5.69. The minimum absolute atomic E-state index is 0.0601. The Balaban J connectivity index is 2.86. The van der Waals surface area contributed by atoms with Gasteiger partial charge in [0.25, 0.3) is 0 Å². The Kier molecular flexibility index (Phi) is 5.78. The van der Waals surface area contributed by atoms with Gasteiger partial charge in [-0.3, -0.25) is 4.90 Å². The molecule has 0 fully saturated rings. The SMILES string of the molecule is CC(C)(O)CC1/C=C/C=C\C=C\N(C(=O)OC(C)(C)C)C1. The van der Waals surface area contributed by atoms with Crippen LogP contribution in [0.1, 0.15) is 41.0 Å². The molecule has 21 heavy (non-hydrogen) atoms. The van der Waals surface area contributed by atoms with Gasteiger partial charge in [-0.25, -0.2) is 4.79 Å².